The van der Waals surface area contributed by atoms with Gasteiger partial charge in [-0.15, -0.1) is 0 Å². The summed E-state index contributed by atoms with van der Waals surface area (Å²) in [5, 5.41) is 0. The van der Waals surface area contributed by atoms with Crippen molar-refractivity contribution in [1.82, 2.24) is 14.1 Å². The Labute approximate surface area is 172 Å². The molecule has 0 saturated carbocycles. The summed E-state index contributed by atoms with van der Waals surface area (Å²) in [6.07, 6.45) is 7.48. The van der Waals surface area contributed by atoms with Gasteiger partial charge in [-0.25, -0.2) is 8.42 Å². The van der Waals surface area contributed by atoms with Gasteiger partial charge >= 0.3 is 0 Å². The predicted molar refractivity (Wildman–Crippen MR) is 114 cm³/mol. The number of ether oxygens (including phenoxy) is 1. The molecule has 1 unspecified atom stereocenters. The fraction of sp³-hybridized carbons (Fsp3) is 0.429. The monoisotopic (exact) mass is 416 g/mol. The molecule has 8 heteroatoms. The summed E-state index contributed by atoms with van der Waals surface area (Å²) in [6.45, 7) is 3.69. The molecule has 4 rings (SSSR count). The van der Waals surface area contributed by atoms with Crippen LogP contribution in [0.5, 0.6) is 0 Å². The van der Waals surface area contributed by atoms with Gasteiger partial charge < -0.3 is 15.4 Å². The van der Waals surface area contributed by atoms with Crippen LogP contribution in [0.2, 0.25) is 0 Å². The Bertz CT molecular complexity index is 958. The summed E-state index contributed by atoms with van der Waals surface area (Å²) >= 11 is 0. The van der Waals surface area contributed by atoms with Crippen molar-refractivity contribution in [3.63, 3.8) is 0 Å². The van der Waals surface area contributed by atoms with Gasteiger partial charge in [0, 0.05) is 63.3 Å². The average molecular weight is 417 g/mol. The minimum Gasteiger partial charge on any atom is -0.484 e. The second kappa shape index (κ2) is 7.95. The number of sulfonamides is 1. The maximum atomic E-state index is 11.7. The van der Waals surface area contributed by atoms with Crippen molar-refractivity contribution in [2.75, 3.05) is 46.0 Å². The van der Waals surface area contributed by atoms with Crippen LogP contribution in [0.4, 0.5) is 0 Å². The Hall–Kier alpha value is -2.13. The molecule has 1 aromatic carbocycles. The second-order valence-corrected chi connectivity index (χ2v) is 9.81. The molecule has 29 heavy (non-hydrogen) atoms. The molecule has 3 aliphatic heterocycles. The minimum atomic E-state index is -3.11. The molecule has 1 atom stereocenters. The first-order chi connectivity index (χ1) is 13.8. The van der Waals surface area contributed by atoms with E-state index in [1.54, 1.807) is 0 Å². The van der Waals surface area contributed by atoms with Crippen LogP contribution in [0.3, 0.4) is 0 Å². The second-order valence-electron chi connectivity index (χ2n) is 7.83. The summed E-state index contributed by atoms with van der Waals surface area (Å²) in [5.41, 5.74) is 10.2. The first-order valence-corrected chi connectivity index (χ1v) is 11.7. The van der Waals surface area contributed by atoms with Crippen LogP contribution in [-0.4, -0.2) is 74.7 Å². The van der Waals surface area contributed by atoms with Crippen molar-refractivity contribution in [3.8, 4) is 0 Å². The van der Waals surface area contributed by atoms with E-state index < -0.39 is 10.0 Å². The highest BCUT2D eigenvalue weighted by atomic mass is 32.2. The lowest BCUT2D eigenvalue weighted by Crippen LogP contribution is -2.48. The van der Waals surface area contributed by atoms with E-state index in [0.29, 0.717) is 39.3 Å². The lowest BCUT2D eigenvalue weighted by Gasteiger charge is -2.33. The number of benzene rings is 1. The fourth-order valence-corrected chi connectivity index (χ4v) is 4.83. The molecule has 1 aromatic rings. The number of piperazine rings is 1. The number of nitrogens with two attached hydrogens (primary N) is 1. The van der Waals surface area contributed by atoms with Gasteiger partial charge in [0.25, 0.3) is 0 Å². The highest BCUT2D eigenvalue weighted by molar-refractivity contribution is 7.88. The zero-order valence-electron chi connectivity index (χ0n) is 16.9. The first kappa shape index (κ1) is 20.2. The number of nitrogens with zero attached hydrogens (tertiary/aromatic N) is 3. The van der Waals surface area contributed by atoms with Crippen molar-refractivity contribution >= 4 is 15.6 Å². The largest absolute Gasteiger partial charge is 0.484 e. The highest BCUT2D eigenvalue weighted by Gasteiger charge is 2.32. The molecule has 2 N–H and O–H groups in total. The average Bonchev–Trinajstić information content (AvgIpc) is 3.09. The maximum absolute atomic E-state index is 11.7. The van der Waals surface area contributed by atoms with E-state index in [9.17, 15) is 8.42 Å². The highest BCUT2D eigenvalue weighted by Crippen LogP contribution is 2.37. The summed E-state index contributed by atoms with van der Waals surface area (Å²) in [6, 6.07) is 8.30. The van der Waals surface area contributed by atoms with Crippen molar-refractivity contribution in [3.05, 3.63) is 65.2 Å². The maximum Gasteiger partial charge on any atom is 0.211 e. The molecule has 0 aliphatic carbocycles. The van der Waals surface area contributed by atoms with E-state index in [2.05, 4.69) is 52.5 Å². The predicted octanol–water partition coefficient (Wildman–Crippen LogP) is 1.18. The molecule has 0 bridgehead atoms. The summed E-state index contributed by atoms with van der Waals surface area (Å²) < 4.78 is 31.3. The van der Waals surface area contributed by atoms with Crippen molar-refractivity contribution in [2.45, 2.75) is 12.6 Å². The molecule has 156 valence electrons. The van der Waals surface area contributed by atoms with Crippen molar-refractivity contribution < 1.29 is 13.2 Å². The molecule has 1 saturated heterocycles. The van der Waals surface area contributed by atoms with Crippen LogP contribution < -0.4 is 5.73 Å². The van der Waals surface area contributed by atoms with E-state index >= 15 is 0 Å². The topological polar surface area (TPSA) is 79.1 Å². The third-order valence-electron chi connectivity index (χ3n) is 5.58. The van der Waals surface area contributed by atoms with E-state index in [0.717, 1.165) is 28.0 Å². The molecule has 3 aliphatic rings. The van der Waals surface area contributed by atoms with Gasteiger partial charge in [0.2, 0.25) is 10.0 Å². The Morgan fingerprint density at radius 1 is 1.10 bits per heavy atom. The Balaban J connectivity index is 1.44. The Kier molecular flexibility index (Phi) is 5.52. The molecule has 0 radical (unpaired) electrons. The summed E-state index contributed by atoms with van der Waals surface area (Å²) in [7, 11) is -1.09. The molecular weight excluding hydrogens is 388 g/mol. The number of hydrogen-bond donors (Lipinski definition) is 1. The number of rotatable bonds is 5. The Morgan fingerprint density at radius 3 is 2.41 bits per heavy atom. The number of hydrogen-bond acceptors (Lipinski definition) is 6. The molecule has 0 aromatic heterocycles. The zero-order chi connectivity index (χ0) is 20.6. The molecule has 3 heterocycles. The first-order valence-electron chi connectivity index (χ1n) is 9.83. The molecule has 0 amide bonds. The van der Waals surface area contributed by atoms with Gasteiger partial charge in [0.05, 0.1) is 12.8 Å². The lowest BCUT2D eigenvalue weighted by molar-refractivity contribution is 0.144. The van der Waals surface area contributed by atoms with Crippen LogP contribution in [-0.2, 0) is 21.3 Å². The smallest absolute Gasteiger partial charge is 0.211 e. The van der Waals surface area contributed by atoms with Gasteiger partial charge in [-0.2, -0.15) is 4.31 Å². The summed E-state index contributed by atoms with van der Waals surface area (Å²) in [5.74, 6) is 0.925. The van der Waals surface area contributed by atoms with Gasteiger partial charge in [-0.05, 0) is 17.2 Å². The number of fused-ring (bicyclic) bond motifs is 1. The van der Waals surface area contributed by atoms with Crippen LogP contribution in [0.15, 0.2) is 54.1 Å². The van der Waals surface area contributed by atoms with Crippen LogP contribution in [0.1, 0.15) is 11.1 Å². The van der Waals surface area contributed by atoms with Crippen LogP contribution in [0.25, 0.3) is 5.57 Å². The van der Waals surface area contributed by atoms with Crippen molar-refractivity contribution in [2.24, 2.45) is 5.73 Å². The lowest BCUT2D eigenvalue weighted by atomic mass is 9.94. The van der Waals surface area contributed by atoms with E-state index in [1.165, 1.54) is 10.6 Å². The fourth-order valence-electron chi connectivity index (χ4n) is 4.00. The van der Waals surface area contributed by atoms with Gasteiger partial charge in [0.1, 0.15) is 5.76 Å². The standard InChI is InChI=1S/C21H28N4O3S/c1-23-13-18-11-19(14-24-7-9-25(10-8-24)29(2,26)27)28-21(18)20(15-23)17-5-3-16(12-22)4-6-17/h3-6,11,13,15,21H,7-10,12,14,22H2,1-2H3. The minimum absolute atomic E-state index is 0.109. The van der Waals surface area contributed by atoms with E-state index in [-0.39, 0.29) is 6.10 Å². The Morgan fingerprint density at radius 2 is 1.79 bits per heavy atom. The van der Waals surface area contributed by atoms with Gasteiger partial charge in [0.15, 0.2) is 6.10 Å². The van der Waals surface area contributed by atoms with Crippen LogP contribution in [0, 0.1) is 0 Å². The van der Waals surface area contributed by atoms with E-state index in [4.69, 9.17) is 10.5 Å². The zero-order valence-corrected chi connectivity index (χ0v) is 17.7. The summed E-state index contributed by atoms with van der Waals surface area (Å²) in [4.78, 5) is 4.31. The van der Waals surface area contributed by atoms with Crippen LogP contribution >= 0.6 is 0 Å². The normalized spacial score (nSPS) is 23.2. The molecule has 0 spiro atoms. The van der Waals surface area contributed by atoms with Gasteiger partial charge in [-0.1, -0.05) is 24.3 Å². The third-order valence-corrected chi connectivity index (χ3v) is 6.88. The third kappa shape index (κ3) is 4.40. The van der Waals surface area contributed by atoms with Crippen molar-refractivity contribution in [1.29, 1.82) is 0 Å². The molecular formula is C21H28N4O3S. The van der Waals surface area contributed by atoms with E-state index in [1.807, 2.05) is 7.05 Å². The quantitative estimate of drug-likeness (QED) is 0.777. The molecule has 7 nitrogen and oxygen atoms in total. The van der Waals surface area contributed by atoms with Gasteiger partial charge in [-0.3, -0.25) is 4.90 Å². The molecule has 1 fully saturated rings. The SMILES string of the molecule is CN1C=C2C=C(CN3CCN(S(C)(=O)=O)CC3)OC2C(c2ccc(CN)cc2)=C1.